The number of halogens is 1. The maximum Gasteiger partial charge on any atom is 0.266 e. The molecule has 1 spiro atoms. The summed E-state index contributed by atoms with van der Waals surface area (Å²) in [5.41, 5.74) is 2.67. The Morgan fingerprint density at radius 2 is 1.54 bits per heavy atom. The lowest BCUT2D eigenvalue weighted by atomic mass is 9.82. The van der Waals surface area contributed by atoms with Crippen molar-refractivity contribution in [2.24, 2.45) is 5.92 Å². The second kappa shape index (κ2) is 15.2. The van der Waals surface area contributed by atoms with Gasteiger partial charge in [-0.15, -0.1) is 0 Å². The van der Waals surface area contributed by atoms with E-state index in [2.05, 4.69) is 0 Å². The summed E-state index contributed by atoms with van der Waals surface area (Å²) in [4.78, 5) is 59.7. The SMILES string of the molecule is C[C@H]1[C@H]([Si](C)(C)O)[C@@H](CC(=O)N(CCO)Cc2ccccc2)O[C@]12C(=O)N(Cc1ccc(N3C(=O)c4ccccc4Oc4ccccc43)cc1)c1ccc(Cl)cc12. The van der Waals surface area contributed by atoms with E-state index in [0.29, 0.717) is 51.3 Å². The van der Waals surface area contributed by atoms with Gasteiger partial charge < -0.3 is 29.2 Å². The molecule has 12 heteroatoms. The molecule has 3 aliphatic rings. The van der Waals surface area contributed by atoms with Crippen molar-refractivity contribution in [2.75, 3.05) is 23.0 Å². The summed E-state index contributed by atoms with van der Waals surface area (Å²) in [7, 11) is -3.07. The number of para-hydroxylation sites is 3. The Morgan fingerprint density at radius 1 is 0.860 bits per heavy atom. The molecule has 3 amide bonds. The van der Waals surface area contributed by atoms with Crippen molar-refractivity contribution >= 4 is 54.7 Å². The first kappa shape index (κ1) is 38.6. The number of carbonyl (C=O) groups is 3. The van der Waals surface area contributed by atoms with Gasteiger partial charge in [0, 0.05) is 40.8 Å². The van der Waals surface area contributed by atoms with Crippen LogP contribution in [-0.2, 0) is 33.0 Å². The highest BCUT2D eigenvalue weighted by Crippen LogP contribution is 2.60. The molecule has 1 fully saturated rings. The van der Waals surface area contributed by atoms with E-state index in [1.807, 2.05) is 111 Å². The molecule has 8 rings (SSSR count). The fourth-order valence-corrected chi connectivity index (χ4v) is 11.6. The third-order valence-electron chi connectivity index (χ3n) is 11.4. The number of ether oxygens (including phenoxy) is 2. The molecule has 2 N–H and O–H groups in total. The van der Waals surface area contributed by atoms with Crippen LogP contribution in [0.3, 0.4) is 0 Å². The first-order chi connectivity index (χ1) is 27.4. The second-order valence-corrected chi connectivity index (χ2v) is 19.9. The Balaban J connectivity index is 1.10. The minimum Gasteiger partial charge on any atom is -0.454 e. The molecule has 0 aromatic heterocycles. The smallest absolute Gasteiger partial charge is 0.266 e. The molecule has 3 aliphatic heterocycles. The predicted molar refractivity (Wildman–Crippen MR) is 221 cm³/mol. The molecule has 0 saturated carbocycles. The molecule has 0 aliphatic carbocycles. The Kier molecular flexibility index (Phi) is 10.3. The monoisotopic (exact) mass is 801 g/mol. The van der Waals surface area contributed by atoms with Gasteiger partial charge in [-0.1, -0.05) is 85.3 Å². The zero-order valence-electron chi connectivity index (χ0n) is 32.0. The number of rotatable bonds is 10. The number of hydrogen-bond donors (Lipinski definition) is 2. The molecule has 5 aromatic carbocycles. The molecule has 5 aromatic rings. The van der Waals surface area contributed by atoms with E-state index in [1.54, 1.807) is 45.0 Å². The van der Waals surface area contributed by atoms with E-state index in [0.717, 1.165) is 11.1 Å². The largest absolute Gasteiger partial charge is 0.454 e. The summed E-state index contributed by atoms with van der Waals surface area (Å²) in [6.45, 7) is 5.99. The Morgan fingerprint density at radius 3 is 2.26 bits per heavy atom. The number of hydrogen-bond acceptors (Lipinski definition) is 7. The van der Waals surface area contributed by atoms with Crippen LogP contribution in [0.4, 0.5) is 17.1 Å². The van der Waals surface area contributed by atoms with Crippen LogP contribution in [0.5, 0.6) is 11.5 Å². The molecule has 292 valence electrons. The summed E-state index contributed by atoms with van der Waals surface area (Å²) >= 11 is 6.62. The Bertz CT molecular complexity index is 2340. The number of anilines is 3. The maximum absolute atomic E-state index is 15.0. The molecule has 57 heavy (non-hydrogen) atoms. The highest BCUT2D eigenvalue weighted by atomic mass is 35.5. The van der Waals surface area contributed by atoms with Crippen molar-refractivity contribution in [3.05, 3.63) is 149 Å². The molecular weight excluding hydrogens is 758 g/mol. The molecule has 10 nitrogen and oxygen atoms in total. The molecular formula is C45H44ClN3O7Si. The normalized spacial score (nSPS) is 21.2. The van der Waals surface area contributed by atoms with Crippen LogP contribution in [0.1, 0.15) is 40.4 Å². The zero-order chi connectivity index (χ0) is 40.1. The van der Waals surface area contributed by atoms with Gasteiger partial charge in [0.05, 0.1) is 42.6 Å². The fourth-order valence-electron chi connectivity index (χ4n) is 8.92. The third kappa shape index (κ3) is 6.93. The van der Waals surface area contributed by atoms with Crippen molar-refractivity contribution in [3.63, 3.8) is 0 Å². The van der Waals surface area contributed by atoms with Gasteiger partial charge in [-0.3, -0.25) is 19.3 Å². The average Bonchev–Trinajstić information content (AvgIpc) is 3.56. The molecule has 0 bridgehead atoms. The first-order valence-electron chi connectivity index (χ1n) is 19.1. The highest BCUT2D eigenvalue weighted by Gasteiger charge is 2.66. The van der Waals surface area contributed by atoms with Gasteiger partial charge in [0.15, 0.2) is 19.7 Å². The summed E-state index contributed by atoms with van der Waals surface area (Å²) in [6.07, 6.45) is -0.840. The van der Waals surface area contributed by atoms with E-state index >= 15 is 4.79 Å². The van der Waals surface area contributed by atoms with Crippen molar-refractivity contribution in [1.29, 1.82) is 0 Å². The van der Waals surface area contributed by atoms with E-state index < -0.39 is 31.5 Å². The van der Waals surface area contributed by atoms with Crippen molar-refractivity contribution in [3.8, 4) is 11.5 Å². The fraction of sp³-hybridized carbons (Fsp3) is 0.267. The number of carbonyl (C=O) groups excluding carboxylic acids is 3. The van der Waals surface area contributed by atoms with Crippen LogP contribution >= 0.6 is 11.6 Å². The zero-order valence-corrected chi connectivity index (χ0v) is 33.7. The predicted octanol–water partition coefficient (Wildman–Crippen LogP) is 8.18. The van der Waals surface area contributed by atoms with Gasteiger partial charge in [0.25, 0.3) is 11.8 Å². The second-order valence-electron chi connectivity index (χ2n) is 15.5. The number of amides is 3. The minimum absolute atomic E-state index is 0.0704. The highest BCUT2D eigenvalue weighted by molar-refractivity contribution is 6.71. The molecule has 0 unspecified atom stereocenters. The topological polar surface area (TPSA) is 120 Å². The van der Waals surface area contributed by atoms with Crippen molar-refractivity contribution < 1.29 is 33.8 Å². The molecule has 4 atom stereocenters. The lowest BCUT2D eigenvalue weighted by Crippen LogP contribution is -2.46. The maximum atomic E-state index is 15.0. The molecule has 3 heterocycles. The van der Waals surface area contributed by atoms with Crippen molar-refractivity contribution in [2.45, 2.75) is 56.8 Å². The minimum atomic E-state index is -3.07. The van der Waals surface area contributed by atoms with Crippen molar-refractivity contribution in [1.82, 2.24) is 4.90 Å². The number of benzene rings is 5. The van der Waals surface area contributed by atoms with E-state index in [-0.39, 0.29) is 43.8 Å². The van der Waals surface area contributed by atoms with Crippen LogP contribution in [0.2, 0.25) is 23.7 Å². The Labute approximate surface area is 338 Å². The van der Waals surface area contributed by atoms with Gasteiger partial charge >= 0.3 is 0 Å². The number of nitrogens with zero attached hydrogens (tertiary/aromatic N) is 3. The van der Waals surface area contributed by atoms with Crippen LogP contribution < -0.4 is 14.5 Å². The van der Waals surface area contributed by atoms with Crippen LogP contribution in [-0.4, -0.2) is 60.1 Å². The standard InChI is InChI=1S/C45H44ClN3O7Si/c1-29-42(57(2,3)54)40(26-41(51)47(23-24-50)27-30-11-5-4-6-12-30)56-45(29)35-25-32(46)19-22-36(35)48(44(45)53)28-31-17-20-33(21-18-31)49-37-14-8-10-16-39(37)55-38-15-9-7-13-34(38)43(49)52/h4-22,25,29,40,42,50,54H,23-24,26-28H2,1-3H3/t29-,40+,42-,45+/m0/s1. The van der Waals surface area contributed by atoms with E-state index in [4.69, 9.17) is 21.1 Å². The van der Waals surface area contributed by atoms with Gasteiger partial charge in [0.1, 0.15) is 5.75 Å². The lowest BCUT2D eigenvalue weighted by molar-refractivity contribution is -0.150. The summed E-state index contributed by atoms with van der Waals surface area (Å²) in [5.74, 6) is -0.225. The number of aliphatic hydroxyl groups is 1. The van der Waals surface area contributed by atoms with Gasteiger partial charge in [0.2, 0.25) is 5.91 Å². The third-order valence-corrected chi connectivity index (χ3v) is 14.2. The van der Waals surface area contributed by atoms with E-state index in [1.165, 1.54) is 0 Å². The summed E-state index contributed by atoms with van der Waals surface area (Å²) in [5, 5.41) is 10.3. The van der Waals surface area contributed by atoms with Crippen LogP contribution in [0, 0.1) is 5.92 Å². The first-order valence-corrected chi connectivity index (χ1v) is 22.5. The molecule has 1 saturated heterocycles. The van der Waals surface area contributed by atoms with E-state index in [9.17, 15) is 19.5 Å². The van der Waals surface area contributed by atoms with Crippen LogP contribution in [0.25, 0.3) is 0 Å². The quantitative estimate of drug-likeness (QED) is 0.137. The number of fused-ring (bicyclic) bond motifs is 4. The average molecular weight is 802 g/mol. The van der Waals surface area contributed by atoms with Gasteiger partial charge in [-0.2, -0.15) is 0 Å². The molecule has 0 radical (unpaired) electrons. The Hall–Kier alpha value is -5.30. The van der Waals surface area contributed by atoms with Crippen LogP contribution in [0.15, 0.2) is 121 Å². The van der Waals surface area contributed by atoms with Gasteiger partial charge in [-0.25, -0.2) is 0 Å². The lowest BCUT2D eigenvalue weighted by Gasteiger charge is -2.32. The summed E-state index contributed by atoms with van der Waals surface area (Å²) < 4.78 is 13.1. The number of aliphatic hydroxyl groups excluding tert-OH is 1. The summed E-state index contributed by atoms with van der Waals surface area (Å²) in [6, 6.07) is 36.9. The van der Waals surface area contributed by atoms with Gasteiger partial charge in [-0.05, 0) is 78.8 Å².